The normalized spacial score (nSPS) is 12.4. The molecule has 4 nitrogen and oxygen atoms in total. The van der Waals surface area contributed by atoms with Crippen molar-refractivity contribution in [2.45, 2.75) is 42.8 Å². The van der Waals surface area contributed by atoms with Crippen molar-refractivity contribution in [3.63, 3.8) is 0 Å². The maximum atomic E-state index is 14.0. The van der Waals surface area contributed by atoms with E-state index in [4.69, 9.17) is 5.73 Å². The number of benzene rings is 1. The topological polar surface area (TPSA) is 71.8 Å². The summed E-state index contributed by atoms with van der Waals surface area (Å²) in [6.07, 6.45) is 1.61. The summed E-state index contributed by atoms with van der Waals surface area (Å²) >= 11 is 1.10. The van der Waals surface area contributed by atoms with Crippen LogP contribution in [-0.4, -0.2) is 9.97 Å². The highest BCUT2D eigenvalue weighted by molar-refractivity contribution is 7.99. The summed E-state index contributed by atoms with van der Waals surface area (Å²) in [5, 5.41) is 0.387. The largest absolute Gasteiger partial charge is 0.324 e. The van der Waals surface area contributed by atoms with E-state index in [1.165, 1.54) is 12.1 Å². The Morgan fingerprint density at radius 2 is 2.24 bits per heavy atom. The van der Waals surface area contributed by atoms with Crippen molar-refractivity contribution in [3.05, 3.63) is 51.7 Å². The van der Waals surface area contributed by atoms with Crippen molar-refractivity contribution >= 4 is 11.8 Å². The molecule has 0 saturated carbocycles. The number of aromatic nitrogens is 2. The van der Waals surface area contributed by atoms with E-state index in [2.05, 4.69) is 9.97 Å². The summed E-state index contributed by atoms with van der Waals surface area (Å²) in [6.45, 7) is 3.81. The number of nitrogens with zero attached hydrogens (tertiary/aromatic N) is 1. The average molecular weight is 307 g/mol. The molecule has 21 heavy (non-hydrogen) atoms. The fourth-order valence-corrected chi connectivity index (χ4v) is 3.05. The molecule has 0 bridgehead atoms. The average Bonchev–Trinajstić information content (AvgIpc) is 2.40. The van der Waals surface area contributed by atoms with Crippen LogP contribution >= 0.6 is 11.8 Å². The maximum Gasteiger partial charge on any atom is 0.251 e. The number of hydrogen-bond acceptors (Lipinski definition) is 4. The number of rotatable bonds is 5. The molecule has 0 aliphatic heterocycles. The molecule has 1 atom stereocenters. The Morgan fingerprint density at radius 3 is 2.90 bits per heavy atom. The minimum absolute atomic E-state index is 0.227. The third kappa shape index (κ3) is 3.92. The van der Waals surface area contributed by atoms with Crippen LogP contribution in [0.4, 0.5) is 4.39 Å². The van der Waals surface area contributed by atoms with Crippen LogP contribution in [0.1, 0.15) is 37.6 Å². The van der Waals surface area contributed by atoms with Gasteiger partial charge in [-0.15, -0.1) is 0 Å². The summed E-state index contributed by atoms with van der Waals surface area (Å²) < 4.78 is 14.0. The van der Waals surface area contributed by atoms with E-state index in [9.17, 15) is 9.18 Å². The van der Waals surface area contributed by atoms with Gasteiger partial charge < -0.3 is 10.7 Å². The van der Waals surface area contributed by atoms with Gasteiger partial charge in [-0.3, -0.25) is 4.79 Å². The zero-order valence-corrected chi connectivity index (χ0v) is 12.8. The van der Waals surface area contributed by atoms with Gasteiger partial charge in [-0.25, -0.2) is 9.37 Å². The van der Waals surface area contributed by atoms with Crippen molar-refractivity contribution in [2.75, 3.05) is 0 Å². The van der Waals surface area contributed by atoms with Gasteiger partial charge in [-0.1, -0.05) is 25.5 Å². The van der Waals surface area contributed by atoms with Gasteiger partial charge in [-0.05, 0) is 36.7 Å². The predicted molar refractivity (Wildman–Crippen MR) is 82.0 cm³/mol. The molecule has 0 amide bonds. The summed E-state index contributed by atoms with van der Waals surface area (Å²) in [4.78, 5) is 19.1. The van der Waals surface area contributed by atoms with E-state index in [1.54, 1.807) is 19.1 Å². The Hall–Kier alpha value is -1.66. The fourth-order valence-electron chi connectivity index (χ4n) is 2.00. The molecule has 0 aliphatic carbocycles. The zero-order chi connectivity index (χ0) is 15.4. The number of nitrogens with two attached hydrogens (primary N) is 1. The summed E-state index contributed by atoms with van der Waals surface area (Å²) in [6, 6.07) is 5.96. The molecule has 1 aromatic heterocycles. The number of aromatic amines is 1. The van der Waals surface area contributed by atoms with E-state index in [1.807, 2.05) is 6.92 Å². The number of halogens is 1. The van der Waals surface area contributed by atoms with Gasteiger partial charge in [-0.2, -0.15) is 0 Å². The van der Waals surface area contributed by atoms with Crippen LogP contribution in [0.25, 0.3) is 0 Å². The van der Waals surface area contributed by atoms with Crippen molar-refractivity contribution in [2.24, 2.45) is 5.73 Å². The van der Waals surface area contributed by atoms with E-state index >= 15 is 0 Å². The predicted octanol–water partition coefficient (Wildman–Crippen LogP) is 3.03. The lowest BCUT2D eigenvalue weighted by molar-refractivity contribution is 0.591. The molecule has 0 radical (unpaired) electrons. The van der Waals surface area contributed by atoms with Crippen LogP contribution < -0.4 is 11.3 Å². The highest BCUT2D eigenvalue weighted by Crippen LogP contribution is 2.32. The molecule has 0 aliphatic rings. The molecular weight excluding hydrogens is 289 g/mol. The molecule has 3 N–H and O–H groups in total. The standard InChI is InChI=1S/C15H18FN3OS/c1-3-5-10-8-13(20)19-15(18-10)21-14-11(9(2)17)6-4-7-12(14)16/h4,6-9H,3,5,17H2,1-2H3,(H,18,19,20)/t9-/m0/s1. The Bertz CT molecular complexity index is 685. The van der Waals surface area contributed by atoms with E-state index in [-0.39, 0.29) is 17.4 Å². The van der Waals surface area contributed by atoms with Gasteiger partial charge in [0.2, 0.25) is 0 Å². The second-order valence-corrected chi connectivity index (χ2v) is 5.84. The van der Waals surface area contributed by atoms with E-state index in [0.29, 0.717) is 21.3 Å². The minimum atomic E-state index is -0.363. The highest BCUT2D eigenvalue weighted by Gasteiger charge is 2.14. The SMILES string of the molecule is CCCc1cc(=O)[nH]c(Sc2c(F)cccc2[C@H](C)N)n1. The first-order valence-electron chi connectivity index (χ1n) is 6.83. The molecule has 0 unspecified atom stereocenters. The maximum absolute atomic E-state index is 14.0. The van der Waals surface area contributed by atoms with Gasteiger partial charge >= 0.3 is 0 Å². The lowest BCUT2D eigenvalue weighted by atomic mass is 10.1. The van der Waals surface area contributed by atoms with Crippen LogP contribution in [0.2, 0.25) is 0 Å². The molecule has 0 fully saturated rings. The number of nitrogens with one attached hydrogen (secondary N) is 1. The number of H-pyrrole nitrogens is 1. The highest BCUT2D eigenvalue weighted by atomic mass is 32.2. The molecule has 2 rings (SSSR count). The molecule has 0 saturated heterocycles. The first kappa shape index (κ1) is 15.7. The monoisotopic (exact) mass is 307 g/mol. The first-order valence-corrected chi connectivity index (χ1v) is 7.65. The summed E-state index contributed by atoms with van der Waals surface area (Å²) in [7, 11) is 0. The van der Waals surface area contributed by atoms with Gasteiger partial charge in [0.25, 0.3) is 5.56 Å². The second-order valence-electron chi connectivity index (χ2n) is 4.84. The number of hydrogen-bond donors (Lipinski definition) is 2. The third-order valence-electron chi connectivity index (χ3n) is 2.97. The van der Waals surface area contributed by atoms with Crippen molar-refractivity contribution in [1.82, 2.24) is 9.97 Å². The van der Waals surface area contributed by atoms with Crippen molar-refractivity contribution < 1.29 is 4.39 Å². The second kappa shape index (κ2) is 6.87. The Balaban J connectivity index is 2.40. The van der Waals surface area contributed by atoms with Gasteiger partial charge in [0.15, 0.2) is 5.16 Å². The molecule has 6 heteroatoms. The van der Waals surface area contributed by atoms with Gasteiger partial charge in [0.1, 0.15) is 5.82 Å². The van der Waals surface area contributed by atoms with Crippen LogP contribution in [0.5, 0.6) is 0 Å². The summed E-state index contributed by atoms with van der Waals surface area (Å²) in [5.41, 5.74) is 7.05. The molecule has 2 aromatic rings. The van der Waals surface area contributed by atoms with Crippen LogP contribution in [0, 0.1) is 5.82 Å². The minimum Gasteiger partial charge on any atom is -0.324 e. The fraction of sp³-hybridized carbons (Fsp3) is 0.333. The molecule has 1 heterocycles. The quantitative estimate of drug-likeness (QED) is 0.833. The first-order chi connectivity index (χ1) is 10.0. The number of aryl methyl sites for hydroxylation is 1. The van der Waals surface area contributed by atoms with Crippen LogP contribution in [0.15, 0.2) is 39.1 Å². The zero-order valence-electron chi connectivity index (χ0n) is 12.0. The Labute approximate surface area is 127 Å². The van der Waals surface area contributed by atoms with Crippen LogP contribution in [-0.2, 0) is 6.42 Å². The van der Waals surface area contributed by atoms with Crippen molar-refractivity contribution in [1.29, 1.82) is 0 Å². The lowest BCUT2D eigenvalue weighted by Gasteiger charge is -2.12. The summed E-state index contributed by atoms with van der Waals surface area (Å²) in [5.74, 6) is -0.363. The van der Waals surface area contributed by atoms with E-state index < -0.39 is 0 Å². The van der Waals surface area contributed by atoms with Crippen LogP contribution in [0.3, 0.4) is 0 Å². The Morgan fingerprint density at radius 1 is 1.48 bits per heavy atom. The lowest BCUT2D eigenvalue weighted by Crippen LogP contribution is -2.11. The molecule has 0 spiro atoms. The van der Waals surface area contributed by atoms with E-state index in [0.717, 1.165) is 24.6 Å². The Kier molecular flexibility index (Phi) is 5.14. The smallest absolute Gasteiger partial charge is 0.251 e. The molecule has 1 aromatic carbocycles. The van der Waals surface area contributed by atoms with Crippen molar-refractivity contribution in [3.8, 4) is 0 Å². The third-order valence-corrected chi connectivity index (χ3v) is 3.99. The molecular formula is C15H18FN3OS. The van der Waals surface area contributed by atoms with Gasteiger partial charge in [0, 0.05) is 17.8 Å². The van der Waals surface area contributed by atoms with Gasteiger partial charge in [0.05, 0.1) is 4.90 Å². The molecule has 112 valence electrons.